The summed E-state index contributed by atoms with van der Waals surface area (Å²) >= 11 is 0. The molecule has 0 radical (unpaired) electrons. The predicted molar refractivity (Wildman–Crippen MR) is 48.5 cm³/mol. The van der Waals surface area contributed by atoms with Crippen LogP contribution in [0.2, 0.25) is 0 Å². The number of aldehydes is 1. The van der Waals surface area contributed by atoms with Crippen LogP contribution in [0.4, 0.5) is 0 Å². The first kappa shape index (κ1) is 8.43. The zero-order valence-electron chi connectivity index (χ0n) is 7.04. The van der Waals surface area contributed by atoms with Gasteiger partial charge in [-0.3, -0.25) is 14.0 Å². The summed E-state index contributed by atoms with van der Waals surface area (Å²) in [5.74, 6) is -0.531. The second kappa shape index (κ2) is 2.95. The van der Waals surface area contributed by atoms with E-state index in [1.54, 1.807) is 18.2 Å². The number of pyridine rings is 1. The zero-order valence-corrected chi connectivity index (χ0v) is 7.04. The topological polar surface area (TPSA) is 71.7 Å². The van der Waals surface area contributed by atoms with Crippen LogP contribution in [0.15, 0.2) is 29.2 Å². The number of rotatable bonds is 1. The van der Waals surface area contributed by atoms with Crippen molar-refractivity contribution in [3.05, 3.63) is 40.3 Å². The maximum Gasteiger partial charge on any atom is 0.272 e. The van der Waals surface area contributed by atoms with Crippen LogP contribution < -0.4 is 5.56 Å². The second-order valence-corrected chi connectivity index (χ2v) is 2.70. The number of aromatic nitrogens is 2. The lowest BCUT2D eigenvalue weighted by molar-refractivity contribution is 0.111. The Labute approximate surface area is 78.3 Å². The molecule has 0 fully saturated rings. The summed E-state index contributed by atoms with van der Waals surface area (Å²) in [6, 6.07) is 4.89. The minimum Gasteiger partial charge on any atom is -0.493 e. The molecule has 0 aliphatic heterocycles. The highest BCUT2D eigenvalue weighted by Crippen LogP contribution is 2.07. The van der Waals surface area contributed by atoms with Gasteiger partial charge in [0.15, 0.2) is 6.29 Å². The fourth-order valence-electron chi connectivity index (χ4n) is 1.19. The van der Waals surface area contributed by atoms with Crippen molar-refractivity contribution >= 4 is 11.9 Å². The van der Waals surface area contributed by atoms with E-state index in [9.17, 15) is 14.7 Å². The lowest BCUT2D eigenvalue weighted by Crippen LogP contribution is -2.18. The van der Waals surface area contributed by atoms with Crippen molar-refractivity contribution in [2.75, 3.05) is 0 Å². The Bertz CT molecular complexity index is 559. The third kappa shape index (κ3) is 1.06. The smallest absolute Gasteiger partial charge is 0.272 e. The molecule has 5 heteroatoms. The van der Waals surface area contributed by atoms with Gasteiger partial charge in [-0.2, -0.15) is 4.98 Å². The van der Waals surface area contributed by atoms with Crippen molar-refractivity contribution in [2.45, 2.75) is 0 Å². The fraction of sp³-hybridized carbons (Fsp3) is 0. The average Bonchev–Trinajstić information content (AvgIpc) is 2.18. The number of nitrogens with zero attached hydrogens (tertiary/aromatic N) is 2. The molecule has 14 heavy (non-hydrogen) atoms. The molecule has 0 saturated heterocycles. The van der Waals surface area contributed by atoms with Crippen LogP contribution in [-0.4, -0.2) is 20.8 Å². The third-order valence-electron chi connectivity index (χ3n) is 1.87. The molecule has 0 amide bonds. The average molecular weight is 190 g/mol. The van der Waals surface area contributed by atoms with Gasteiger partial charge < -0.3 is 5.11 Å². The number of hydrogen-bond acceptors (Lipinski definition) is 4. The van der Waals surface area contributed by atoms with Gasteiger partial charge in [-0.1, -0.05) is 6.07 Å². The molecule has 0 bridgehead atoms. The normalized spacial score (nSPS) is 10.3. The molecular weight excluding hydrogens is 184 g/mol. The third-order valence-corrected chi connectivity index (χ3v) is 1.87. The molecule has 0 unspecified atom stereocenters. The number of aromatic hydroxyl groups is 1. The summed E-state index contributed by atoms with van der Waals surface area (Å²) in [6.07, 6.45) is 1.78. The fourth-order valence-corrected chi connectivity index (χ4v) is 1.19. The van der Waals surface area contributed by atoms with Crippen LogP contribution >= 0.6 is 0 Å². The van der Waals surface area contributed by atoms with Crippen molar-refractivity contribution in [3.8, 4) is 5.88 Å². The van der Waals surface area contributed by atoms with Crippen LogP contribution in [0.1, 0.15) is 10.4 Å². The van der Waals surface area contributed by atoms with Gasteiger partial charge in [0.05, 0.1) is 0 Å². The molecule has 0 saturated carbocycles. The van der Waals surface area contributed by atoms with E-state index >= 15 is 0 Å². The van der Waals surface area contributed by atoms with Gasteiger partial charge in [0.1, 0.15) is 11.2 Å². The molecule has 0 aliphatic carbocycles. The minimum absolute atomic E-state index is 0.296. The highest BCUT2D eigenvalue weighted by Gasteiger charge is 2.09. The summed E-state index contributed by atoms with van der Waals surface area (Å²) in [7, 11) is 0. The maximum atomic E-state index is 11.5. The number of hydrogen-bond donors (Lipinski definition) is 1. The van der Waals surface area contributed by atoms with E-state index in [1.165, 1.54) is 10.6 Å². The van der Waals surface area contributed by atoms with Gasteiger partial charge in [0.2, 0.25) is 5.88 Å². The second-order valence-electron chi connectivity index (χ2n) is 2.70. The molecule has 2 aromatic heterocycles. The number of fused-ring (bicyclic) bond motifs is 1. The van der Waals surface area contributed by atoms with Gasteiger partial charge >= 0.3 is 0 Å². The highest BCUT2D eigenvalue weighted by atomic mass is 16.3. The van der Waals surface area contributed by atoms with Crippen molar-refractivity contribution in [1.29, 1.82) is 0 Å². The van der Waals surface area contributed by atoms with Gasteiger partial charge in [0.25, 0.3) is 5.56 Å². The Morgan fingerprint density at radius 2 is 2.21 bits per heavy atom. The Hall–Kier alpha value is -2.17. The summed E-state index contributed by atoms with van der Waals surface area (Å²) in [5.41, 5.74) is -0.586. The minimum atomic E-state index is -0.567. The highest BCUT2D eigenvalue weighted by molar-refractivity contribution is 5.77. The first-order chi connectivity index (χ1) is 6.74. The standard InChI is InChI=1S/C9H6N2O3/c12-5-6-8(13)10-7-3-1-2-4-11(7)9(6)14/h1-5,13H. The van der Waals surface area contributed by atoms with Gasteiger partial charge in [0, 0.05) is 6.20 Å². The van der Waals surface area contributed by atoms with E-state index in [-0.39, 0.29) is 5.56 Å². The molecule has 2 aromatic rings. The summed E-state index contributed by atoms with van der Waals surface area (Å²) < 4.78 is 1.20. The van der Waals surface area contributed by atoms with E-state index in [2.05, 4.69) is 4.98 Å². The molecule has 2 rings (SSSR count). The van der Waals surface area contributed by atoms with Gasteiger partial charge in [-0.05, 0) is 12.1 Å². The Morgan fingerprint density at radius 1 is 1.43 bits per heavy atom. The van der Waals surface area contributed by atoms with Crippen molar-refractivity contribution in [2.24, 2.45) is 0 Å². The van der Waals surface area contributed by atoms with E-state index in [4.69, 9.17) is 0 Å². The summed E-state index contributed by atoms with van der Waals surface area (Å²) in [4.78, 5) is 25.7. The van der Waals surface area contributed by atoms with E-state index in [0.29, 0.717) is 11.9 Å². The number of carbonyl (C=O) groups excluding carboxylic acids is 1. The van der Waals surface area contributed by atoms with Gasteiger partial charge in [-0.25, -0.2) is 0 Å². The van der Waals surface area contributed by atoms with Crippen LogP contribution in [0.3, 0.4) is 0 Å². The molecule has 70 valence electrons. The first-order valence-corrected chi connectivity index (χ1v) is 3.89. The summed E-state index contributed by atoms with van der Waals surface area (Å²) in [5, 5.41) is 9.23. The lowest BCUT2D eigenvalue weighted by atomic mass is 10.3. The maximum absolute atomic E-state index is 11.5. The Morgan fingerprint density at radius 3 is 2.93 bits per heavy atom. The zero-order chi connectivity index (χ0) is 10.1. The predicted octanol–water partition coefficient (Wildman–Crippen LogP) is 0.213. The molecule has 1 N–H and O–H groups in total. The van der Waals surface area contributed by atoms with Crippen LogP contribution in [0.5, 0.6) is 5.88 Å². The van der Waals surface area contributed by atoms with E-state index < -0.39 is 11.4 Å². The van der Waals surface area contributed by atoms with Crippen LogP contribution in [-0.2, 0) is 0 Å². The largest absolute Gasteiger partial charge is 0.493 e. The monoisotopic (exact) mass is 190 g/mol. The Balaban J connectivity index is 3.00. The van der Waals surface area contributed by atoms with Crippen LogP contribution in [0, 0.1) is 0 Å². The van der Waals surface area contributed by atoms with Gasteiger partial charge in [-0.15, -0.1) is 0 Å². The van der Waals surface area contributed by atoms with E-state index in [1.807, 2.05) is 0 Å². The van der Waals surface area contributed by atoms with Crippen LogP contribution in [0.25, 0.3) is 5.65 Å². The molecule has 0 aliphatic rings. The molecule has 0 spiro atoms. The molecular formula is C9H6N2O3. The van der Waals surface area contributed by atoms with Crippen molar-refractivity contribution in [1.82, 2.24) is 9.38 Å². The number of carbonyl (C=O) groups is 1. The SMILES string of the molecule is O=Cc1c(O)nc2ccccn2c1=O. The quantitative estimate of drug-likeness (QED) is 0.652. The van der Waals surface area contributed by atoms with Crippen molar-refractivity contribution in [3.63, 3.8) is 0 Å². The van der Waals surface area contributed by atoms with E-state index in [0.717, 1.165) is 0 Å². The molecule has 2 heterocycles. The Kier molecular flexibility index (Phi) is 1.78. The molecule has 0 aromatic carbocycles. The summed E-state index contributed by atoms with van der Waals surface area (Å²) in [6.45, 7) is 0. The first-order valence-electron chi connectivity index (χ1n) is 3.89. The molecule has 0 atom stereocenters. The van der Waals surface area contributed by atoms with Crippen molar-refractivity contribution < 1.29 is 9.90 Å². The lowest BCUT2D eigenvalue weighted by Gasteiger charge is -2.00. The molecule has 5 nitrogen and oxygen atoms in total.